The molecule has 0 saturated heterocycles. The number of carbonyl (C=O) groups is 3. The lowest BCUT2D eigenvalue weighted by atomic mass is 10.2. The molecule has 0 aliphatic rings. The number of carbonyl (C=O) groups excluding carboxylic acids is 3. The Kier molecular flexibility index (Phi) is 7.41. The summed E-state index contributed by atoms with van der Waals surface area (Å²) in [6.45, 7) is 1.26. The van der Waals surface area contributed by atoms with E-state index in [1.807, 2.05) is 0 Å². The number of nitrogens with one attached hydrogen (secondary N) is 1. The molecule has 0 fully saturated rings. The van der Waals surface area contributed by atoms with Gasteiger partial charge in [0.1, 0.15) is 18.2 Å². The van der Waals surface area contributed by atoms with Crippen molar-refractivity contribution in [3.63, 3.8) is 0 Å². The smallest absolute Gasteiger partial charge is 0.367 e. The first-order chi connectivity index (χ1) is 13.3. The number of nitrogens with zero attached hydrogens (tertiary/aromatic N) is 2. The topological polar surface area (TPSA) is 138 Å². The van der Waals surface area contributed by atoms with E-state index in [-0.39, 0.29) is 28.8 Å². The number of aromatic nitrogens is 1. The molecule has 0 bridgehead atoms. The fourth-order valence-corrected chi connectivity index (χ4v) is 2.79. The predicted molar refractivity (Wildman–Crippen MR) is 98.3 cm³/mol. The third-order valence-electron chi connectivity index (χ3n) is 3.18. The van der Waals surface area contributed by atoms with Gasteiger partial charge in [0.2, 0.25) is 5.01 Å². The van der Waals surface area contributed by atoms with Crippen molar-refractivity contribution in [3.8, 4) is 0 Å². The molecule has 1 amide bonds. The van der Waals surface area contributed by atoms with Crippen LogP contribution in [-0.4, -0.2) is 40.9 Å². The van der Waals surface area contributed by atoms with E-state index >= 15 is 0 Å². The minimum Gasteiger partial charge on any atom is -0.461 e. The summed E-state index contributed by atoms with van der Waals surface area (Å²) in [7, 11) is 0. The van der Waals surface area contributed by atoms with E-state index in [2.05, 4.69) is 10.3 Å². The van der Waals surface area contributed by atoms with Gasteiger partial charge in [0.15, 0.2) is 0 Å². The molecular formula is C16H14ClN3O7S. The summed E-state index contributed by atoms with van der Waals surface area (Å²) < 4.78 is 9.77. The number of ether oxygens (including phenoxy) is 2. The molecule has 2 rings (SSSR count). The van der Waals surface area contributed by atoms with Crippen molar-refractivity contribution in [1.82, 2.24) is 10.3 Å². The van der Waals surface area contributed by atoms with Crippen molar-refractivity contribution < 1.29 is 28.8 Å². The van der Waals surface area contributed by atoms with Crippen molar-refractivity contribution in [3.05, 3.63) is 55.0 Å². The quantitative estimate of drug-likeness (QED) is 0.385. The molecule has 0 radical (unpaired) electrons. The molecular weight excluding hydrogens is 414 g/mol. The molecule has 28 heavy (non-hydrogen) atoms. The Morgan fingerprint density at radius 1 is 1.32 bits per heavy atom. The fourth-order valence-electron chi connectivity index (χ4n) is 1.91. The Morgan fingerprint density at radius 2 is 2.07 bits per heavy atom. The third kappa shape index (κ3) is 5.72. The van der Waals surface area contributed by atoms with E-state index in [0.717, 1.165) is 17.4 Å². The largest absolute Gasteiger partial charge is 0.461 e. The molecule has 0 spiro atoms. The van der Waals surface area contributed by atoms with Crippen LogP contribution in [0.25, 0.3) is 0 Å². The Balaban J connectivity index is 1.84. The minimum atomic E-state index is -0.748. The van der Waals surface area contributed by atoms with E-state index < -0.39 is 35.0 Å². The standard InChI is InChI=1S/C16H14ClN3O7S/c1-2-26-16(23)15-19-10(8-28-15)7-27-13(21)6-18-14(22)9-3-4-11(17)12(5-9)20(24)25/h3-5,8H,2,6-7H2,1H3,(H,18,22). The van der Waals surface area contributed by atoms with Gasteiger partial charge in [-0.2, -0.15) is 0 Å². The van der Waals surface area contributed by atoms with Crippen LogP contribution in [0.15, 0.2) is 23.6 Å². The van der Waals surface area contributed by atoms with Crippen LogP contribution in [-0.2, 0) is 20.9 Å². The summed E-state index contributed by atoms with van der Waals surface area (Å²) in [5, 5.41) is 14.7. The lowest BCUT2D eigenvalue weighted by Gasteiger charge is -2.06. The van der Waals surface area contributed by atoms with E-state index in [1.165, 1.54) is 12.1 Å². The monoisotopic (exact) mass is 427 g/mol. The fraction of sp³-hybridized carbons (Fsp3) is 0.250. The zero-order valence-electron chi connectivity index (χ0n) is 14.5. The van der Waals surface area contributed by atoms with E-state index in [9.17, 15) is 24.5 Å². The van der Waals surface area contributed by atoms with Crippen molar-refractivity contribution >= 4 is 46.5 Å². The van der Waals surface area contributed by atoms with Gasteiger partial charge in [-0.3, -0.25) is 19.7 Å². The minimum absolute atomic E-state index is 0.0255. The first-order valence-corrected chi connectivity index (χ1v) is 9.06. The second-order valence-corrected chi connectivity index (χ2v) is 6.40. The highest BCUT2D eigenvalue weighted by molar-refractivity contribution is 7.11. The zero-order valence-corrected chi connectivity index (χ0v) is 16.0. The van der Waals surface area contributed by atoms with Gasteiger partial charge in [-0.15, -0.1) is 11.3 Å². The molecule has 0 aliphatic carbocycles. The predicted octanol–water partition coefficient (Wildman–Crippen LogP) is 2.35. The Hall–Kier alpha value is -3.05. The van der Waals surface area contributed by atoms with E-state index in [4.69, 9.17) is 21.1 Å². The highest BCUT2D eigenvalue weighted by Crippen LogP contribution is 2.24. The van der Waals surface area contributed by atoms with Crippen molar-refractivity contribution in [2.75, 3.05) is 13.2 Å². The number of amides is 1. The maximum absolute atomic E-state index is 12.0. The van der Waals surface area contributed by atoms with Crippen LogP contribution in [0.4, 0.5) is 5.69 Å². The average Bonchev–Trinajstić information content (AvgIpc) is 3.14. The Labute approximate surface area is 167 Å². The summed E-state index contributed by atoms with van der Waals surface area (Å²) in [6.07, 6.45) is 0. The number of rotatable bonds is 8. The first kappa shape index (κ1) is 21.3. The maximum Gasteiger partial charge on any atom is 0.367 e. The summed E-state index contributed by atoms with van der Waals surface area (Å²) in [6, 6.07) is 3.52. The van der Waals surface area contributed by atoms with Crippen LogP contribution in [0.2, 0.25) is 5.02 Å². The number of halogens is 1. The second kappa shape index (κ2) is 9.76. The summed E-state index contributed by atoms with van der Waals surface area (Å²) in [5.41, 5.74) is -0.0821. The Morgan fingerprint density at radius 3 is 2.75 bits per heavy atom. The van der Waals surface area contributed by atoms with Crippen molar-refractivity contribution in [1.29, 1.82) is 0 Å². The van der Waals surface area contributed by atoms with Gasteiger partial charge in [-0.25, -0.2) is 9.78 Å². The number of thiazole rings is 1. The van der Waals surface area contributed by atoms with Gasteiger partial charge in [-0.05, 0) is 19.1 Å². The molecule has 1 N–H and O–H groups in total. The van der Waals surface area contributed by atoms with Gasteiger partial charge in [0.25, 0.3) is 11.6 Å². The van der Waals surface area contributed by atoms with Crippen LogP contribution in [0.3, 0.4) is 0 Å². The Bertz CT molecular complexity index is 915. The second-order valence-electron chi connectivity index (χ2n) is 5.13. The van der Waals surface area contributed by atoms with Crippen LogP contribution in [0.5, 0.6) is 0 Å². The van der Waals surface area contributed by atoms with E-state index in [0.29, 0.717) is 5.69 Å². The molecule has 0 aliphatic heterocycles. The molecule has 1 aromatic heterocycles. The maximum atomic E-state index is 12.0. The van der Waals surface area contributed by atoms with E-state index in [1.54, 1.807) is 12.3 Å². The lowest BCUT2D eigenvalue weighted by Crippen LogP contribution is -2.30. The molecule has 0 unspecified atom stereocenters. The molecule has 2 aromatic rings. The van der Waals surface area contributed by atoms with Crippen LogP contribution < -0.4 is 5.32 Å². The number of nitro benzene ring substituents is 1. The molecule has 148 valence electrons. The number of hydrogen-bond donors (Lipinski definition) is 1. The first-order valence-electron chi connectivity index (χ1n) is 7.81. The van der Waals surface area contributed by atoms with Crippen molar-refractivity contribution in [2.24, 2.45) is 0 Å². The SMILES string of the molecule is CCOC(=O)c1nc(COC(=O)CNC(=O)c2ccc(Cl)c([N+](=O)[O-])c2)cs1. The molecule has 0 saturated carbocycles. The molecule has 12 heteroatoms. The average molecular weight is 428 g/mol. The van der Waals surface area contributed by atoms with Gasteiger partial charge in [0.05, 0.1) is 17.2 Å². The molecule has 1 aromatic carbocycles. The van der Waals surface area contributed by atoms with Crippen molar-refractivity contribution in [2.45, 2.75) is 13.5 Å². The number of nitro groups is 1. The number of benzene rings is 1. The number of hydrogen-bond acceptors (Lipinski definition) is 9. The zero-order chi connectivity index (χ0) is 20.7. The summed E-state index contributed by atoms with van der Waals surface area (Å²) in [4.78, 5) is 49.4. The van der Waals surface area contributed by atoms with Gasteiger partial charge in [0, 0.05) is 17.0 Å². The third-order valence-corrected chi connectivity index (χ3v) is 4.37. The molecule has 0 atom stereocenters. The van der Waals surface area contributed by atoms with Crippen LogP contribution in [0, 0.1) is 10.1 Å². The van der Waals surface area contributed by atoms with Crippen LogP contribution in [0.1, 0.15) is 32.8 Å². The highest BCUT2D eigenvalue weighted by Gasteiger charge is 2.17. The van der Waals surface area contributed by atoms with Gasteiger partial charge < -0.3 is 14.8 Å². The number of esters is 2. The van der Waals surface area contributed by atoms with Gasteiger partial charge >= 0.3 is 11.9 Å². The lowest BCUT2D eigenvalue weighted by molar-refractivity contribution is -0.384. The molecule has 1 heterocycles. The normalized spacial score (nSPS) is 10.2. The van der Waals surface area contributed by atoms with Gasteiger partial charge in [-0.1, -0.05) is 11.6 Å². The van der Waals surface area contributed by atoms with Crippen LogP contribution >= 0.6 is 22.9 Å². The summed E-state index contributed by atoms with van der Waals surface area (Å²) >= 11 is 6.74. The molecule has 10 nitrogen and oxygen atoms in total. The summed E-state index contributed by atoms with van der Waals surface area (Å²) in [5.74, 6) is -2.01. The highest BCUT2D eigenvalue weighted by atomic mass is 35.5.